The van der Waals surface area contributed by atoms with Gasteiger partial charge in [0.2, 0.25) is 0 Å². The molecule has 0 amide bonds. The molecule has 2 aliphatic rings. The van der Waals surface area contributed by atoms with Crippen LogP contribution >= 0.6 is 0 Å². The van der Waals surface area contributed by atoms with Crippen LogP contribution in [0.5, 0.6) is 0 Å². The van der Waals surface area contributed by atoms with Gasteiger partial charge < -0.3 is 10.2 Å². The molecule has 0 bridgehead atoms. The zero-order valence-corrected chi connectivity index (χ0v) is 19.9. The van der Waals surface area contributed by atoms with Crippen molar-refractivity contribution in [2.75, 3.05) is 6.61 Å². The van der Waals surface area contributed by atoms with Crippen molar-refractivity contribution in [3.8, 4) is 5.69 Å². The average Bonchev–Trinajstić information content (AvgIpc) is 3.39. The third kappa shape index (κ3) is 5.23. The van der Waals surface area contributed by atoms with E-state index >= 15 is 0 Å². The zero-order valence-electron chi connectivity index (χ0n) is 19.9. The van der Waals surface area contributed by atoms with Crippen molar-refractivity contribution in [3.63, 3.8) is 0 Å². The van der Waals surface area contributed by atoms with Crippen LogP contribution in [0.4, 0.5) is 4.39 Å². The summed E-state index contributed by atoms with van der Waals surface area (Å²) in [6, 6.07) is 11.9. The smallest absolute Gasteiger partial charge is 0.123 e. The number of hydrogen-bond donors (Lipinski definition) is 2. The Morgan fingerprint density at radius 2 is 1.91 bits per heavy atom. The molecule has 3 aromatic rings. The number of hydrogen-bond acceptors (Lipinski definition) is 4. The summed E-state index contributed by atoms with van der Waals surface area (Å²) in [5.74, 6) is 0.0957. The topological polar surface area (TPSA) is 71.2 Å². The molecule has 1 fully saturated rings. The highest BCUT2D eigenvalue weighted by Crippen LogP contribution is 2.52. The molecule has 1 aromatic carbocycles. The normalized spacial score (nSPS) is 21.4. The first kappa shape index (κ1) is 24.8. The number of aliphatic hydroxyl groups excluding tert-OH is 2. The summed E-state index contributed by atoms with van der Waals surface area (Å²) >= 11 is 0. The Labute approximate surface area is 195 Å². The molecule has 0 radical (unpaired) electrons. The molecule has 0 spiro atoms. The average molecular weight is 452 g/mol. The molecule has 2 aliphatic carbocycles. The molecule has 176 valence electrons. The fourth-order valence-electron chi connectivity index (χ4n) is 4.64. The number of benzene rings is 1. The van der Waals surface area contributed by atoms with Gasteiger partial charge in [0.15, 0.2) is 0 Å². The summed E-state index contributed by atoms with van der Waals surface area (Å²) in [6.45, 7) is 8.20. The van der Waals surface area contributed by atoms with Gasteiger partial charge in [-0.25, -0.2) is 9.07 Å². The number of allylic oxidation sites excluding steroid dienone is 1. The Morgan fingerprint density at radius 3 is 2.48 bits per heavy atom. The molecule has 2 unspecified atom stereocenters. The Kier molecular flexibility index (Phi) is 8.16. The van der Waals surface area contributed by atoms with Crippen molar-refractivity contribution in [1.82, 2.24) is 14.8 Å². The SMILES string of the molecule is CC.CC(O)c1ccccn1.C[C@]12Cc3cnn(-c4ccc(F)cc4)c3C=C1CCC2CO. The minimum absolute atomic E-state index is 0.0540. The van der Waals surface area contributed by atoms with Crippen LogP contribution in [-0.2, 0) is 6.42 Å². The van der Waals surface area contributed by atoms with Gasteiger partial charge in [-0.2, -0.15) is 5.10 Å². The van der Waals surface area contributed by atoms with Crippen molar-refractivity contribution in [1.29, 1.82) is 0 Å². The maximum Gasteiger partial charge on any atom is 0.123 e. The molecule has 2 aromatic heterocycles. The molecule has 3 atom stereocenters. The van der Waals surface area contributed by atoms with Crippen LogP contribution in [0, 0.1) is 17.2 Å². The summed E-state index contributed by atoms with van der Waals surface area (Å²) in [5, 5.41) is 23.1. The summed E-state index contributed by atoms with van der Waals surface area (Å²) < 4.78 is 15.0. The highest BCUT2D eigenvalue weighted by Gasteiger charge is 2.45. The minimum Gasteiger partial charge on any atom is -0.396 e. The molecule has 5 rings (SSSR count). The molecule has 0 aliphatic heterocycles. The van der Waals surface area contributed by atoms with Crippen LogP contribution in [0.15, 0.2) is 60.4 Å². The molecular weight excluding hydrogens is 417 g/mol. The number of aromatic nitrogens is 3. The molecular formula is C27H34FN3O2. The lowest BCUT2D eigenvalue weighted by molar-refractivity contribution is 0.150. The zero-order chi connectivity index (χ0) is 24.0. The van der Waals surface area contributed by atoms with Crippen molar-refractivity contribution < 1.29 is 14.6 Å². The lowest BCUT2D eigenvalue weighted by Gasteiger charge is -2.35. The highest BCUT2D eigenvalue weighted by molar-refractivity contribution is 5.61. The van der Waals surface area contributed by atoms with Gasteiger partial charge in [-0.1, -0.05) is 32.4 Å². The molecule has 0 saturated heterocycles. The Hall–Kier alpha value is -2.83. The van der Waals surface area contributed by atoms with Gasteiger partial charge in [0.05, 0.1) is 29.4 Å². The lowest BCUT2D eigenvalue weighted by atomic mass is 9.70. The molecule has 33 heavy (non-hydrogen) atoms. The summed E-state index contributed by atoms with van der Waals surface area (Å²) in [6.07, 6.45) is 8.35. The second-order valence-electron chi connectivity index (χ2n) is 8.56. The van der Waals surface area contributed by atoms with E-state index in [0.717, 1.165) is 36.3 Å². The van der Waals surface area contributed by atoms with Crippen molar-refractivity contribution >= 4 is 6.08 Å². The van der Waals surface area contributed by atoms with Crippen LogP contribution < -0.4 is 0 Å². The first-order valence-electron chi connectivity index (χ1n) is 11.7. The summed E-state index contributed by atoms with van der Waals surface area (Å²) in [5.41, 5.74) is 5.35. The highest BCUT2D eigenvalue weighted by atomic mass is 19.1. The van der Waals surface area contributed by atoms with Crippen LogP contribution in [-0.4, -0.2) is 31.6 Å². The fraction of sp³-hybridized carbons (Fsp3) is 0.407. The van der Waals surface area contributed by atoms with E-state index in [9.17, 15) is 9.50 Å². The van der Waals surface area contributed by atoms with E-state index < -0.39 is 6.10 Å². The van der Waals surface area contributed by atoms with E-state index in [0.29, 0.717) is 5.92 Å². The second kappa shape index (κ2) is 10.9. The molecule has 2 heterocycles. The van der Waals surface area contributed by atoms with Gasteiger partial charge in [0.25, 0.3) is 0 Å². The van der Waals surface area contributed by atoms with Crippen molar-refractivity contribution in [2.24, 2.45) is 11.3 Å². The van der Waals surface area contributed by atoms with Gasteiger partial charge in [-0.15, -0.1) is 0 Å². The summed E-state index contributed by atoms with van der Waals surface area (Å²) in [7, 11) is 0. The van der Waals surface area contributed by atoms with Gasteiger partial charge in [0, 0.05) is 12.8 Å². The standard InChI is InChI=1S/C18H19FN2O.C7H9NO.C2H6/c1-18-9-12-10-20-21(16-6-4-15(19)5-7-16)17(12)8-13(18)2-3-14(18)11-22;1-6(9)7-4-2-3-5-8-7;1-2/h4-8,10,14,22H,2-3,9,11H2,1H3;2-6,9H,1H3;1-2H3/t14?,18-;;/m0../s1. The largest absolute Gasteiger partial charge is 0.396 e. The number of nitrogens with zero attached hydrogens (tertiary/aromatic N) is 3. The quantitative estimate of drug-likeness (QED) is 0.550. The van der Waals surface area contributed by atoms with E-state index in [1.807, 2.05) is 36.9 Å². The fourth-order valence-corrected chi connectivity index (χ4v) is 4.64. The predicted octanol–water partition coefficient (Wildman–Crippen LogP) is 5.52. The first-order valence-corrected chi connectivity index (χ1v) is 11.7. The van der Waals surface area contributed by atoms with Gasteiger partial charge in [-0.3, -0.25) is 4.98 Å². The third-order valence-corrected chi connectivity index (χ3v) is 6.56. The Bertz CT molecular complexity index is 1060. The first-order chi connectivity index (χ1) is 15.9. The number of halogens is 1. The van der Waals surface area contributed by atoms with Gasteiger partial charge in [0.1, 0.15) is 5.82 Å². The van der Waals surface area contributed by atoms with E-state index in [-0.39, 0.29) is 17.8 Å². The van der Waals surface area contributed by atoms with E-state index in [2.05, 4.69) is 23.1 Å². The van der Waals surface area contributed by atoms with Gasteiger partial charge in [-0.05, 0) is 85.6 Å². The molecule has 5 nitrogen and oxygen atoms in total. The van der Waals surface area contributed by atoms with Crippen LogP contribution in [0.3, 0.4) is 0 Å². The second-order valence-corrected chi connectivity index (χ2v) is 8.56. The van der Waals surface area contributed by atoms with E-state index in [1.54, 1.807) is 31.3 Å². The monoisotopic (exact) mass is 451 g/mol. The van der Waals surface area contributed by atoms with E-state index in [4.69, 9.17) is 5.11 Å². The van der Waals surface area contributed by atoms with Crippen molar-refractivity contribution in [2.45, 2.75) is 53.1 Å². The van der Waals surface area contributed by atoms with Crippen molar-refractivity contribution in [3.05, 3.63) is 83.2 Å². The van der Waals surface area contributed by atoms with Gasteiger partial charge >= 0.3 is 0 Å². The number of pyridine rings is 1. The number of fused-ring (bicyclic) bond motifs is 2. The Morgan fingerprint density at radius 1 is 1.18 bits per heavy atom. The predicted molar refractivity (Wildman–Crippen MR) is 129 cm³/mol. The number of aliphatic hydroxyl groups is 2. The lowest BCUT2D eigenvalue weighted by Crippen LogP contribution is -2.30. The maximum absolute atomic E-state index is 13.1. The molecule has 2 N–H and O–H groups in total. The minimum atomic E-state index is -0.453. The molecule has 1 saturated carbocycles. The number of rotatable bonds is 3. The summed E-state index contributed by atoms with van der Waals surface area (Å²) in [4.78, 5) is 3.93. The molecule has 6 heteroatoms. The van der Waals surface area contributed by atoms with E-state index in [1.165, 1.54) is 23.3 Å². The van der Waals surface area contributed by atoms with Crippen LogP contribution in [0.1, 0.15) is 63.6 Å². The van der Waals surface area contributed by atoms with Crippen LogP contribution in [0.25, 0.3) is 11.8 Å². The Balaban J connectivity index is 0.000000234. The maximum atomic E-state index is 13.1. The third-order valence-electron chi connectivity index (χ3n) is 6.56. The van der Waals surface area contributed by atoms with Crippen LogP contribution in [0.2, 0.25) is 0 Å².